The molecule has 0 spiro atoms. The number of amides is 1. The number of sulfone groups is 1. The van der Waals surface area contributed by atoms with Gasteiger partial charge in [0.25, 0.3) is 0 Å². The summed E-state index contributed by atoms with van der Waals surface area (Å²) in [5.74, 6) is -0.256. The minimum Gasteiger partial charge on any atom is -0.378 e. The Hall–Kier alpha value is -2.34. The first-order chi connectivity index (χ1) is 11.7. The number of hydrogen-bond donors (Lipinski definition) is 1. The Morgan fingerprint density at radius 2 is 1.60 bits per heavy atom. The number of carbonyl (C=O) groups is 1. The minimum absolute atomic E-state index is 0.0346. The molecule has 0 saturated carbocycles. The fourth-order valence-electron chi connectivity index (χ4n) is 2.52. The number of nitrogens with zero attached hydrogens (tertiary/aromatic N) is 1. The largest absolute Gasteiger partial charge is 0.378 e. The van der Waals surface area contributed by atoms with Gasteiger partial charge in [-0.15, -0.1) is 0 Å². The number of rotatable bonds is 6. The molecule has 1 atom stereocenters. The molecule has 1 amide bonds. The summed E-state index contributed by atoms with van der Waals surface area (Å²) < 4.78 is 26.2. The third kappa shape index (κ3) is 4.60. The molecule has 1 N–H and O–H groups in total. The number of hydrogen-bond acceptors (Lipinski definition) is 4. The summed E-state index contributed by atoms with van der Waals surface area (Å²) >= 11 is 0. The zero-order valence-corrected chi connectivity index (χ0v) is 15.8. The van der Waals surface area contributed by atoms with E-state index in [4.69, 9.17) is 0 Å². The van der Waals surface area contributed by atoms with Crippen molar-refractivity contribution in [2.75, 3.05) is 25.5 Å². The van der Waals surface area contributed by atoms with Crippen molar-refractivity contribution in [3.05, 3.63) is 59.7 Å². The smallest absolute Gasteiger partial charge is 0.216 e. The molecule has 0 heterocycles. The number of aryl methyl sites for hydroxylation is 1. The van der Waals surface area contributed by atoms with Crippen LogP contribution in [0.4, 0.5) is 5.69 Å². The van der Waals surface area contributed by atoms with E-state index in [9.17, 15) is 13.2 Å². The second-order valence-corrected chi connectivity index (χ2v) is 8.40. The van der Waals surface area contributed by atoms with Gasteiger partial charge in [-0.3, -0.25) is 4.79 Å². The SMILES string of the molecule is CC(=O)NC[C@H](c1ccc(N(C)C)cc1)S(=O)(=O)c1ccc(C)cc1. The molecule has 6 heteroatoms. The monoisotopic (exact) mass is 360 g/mol. The van der Waals surface area contributed by atoms with Crippen LogP contribution in [-0.4, -0.2) is 35.0 Å². The van der Waals surface area contributed by atoms with Gasteiger partial charge in [0.2, 0.25) is 5.91 Å². The Morgan fingerprint density at radius 3 is 2.08 bits per heavy atom. The van der Waals surface area contributed by atoms with E-state index in [2.05, 4.69) is 5.32 Å². The Kier molecular flexibility index (Phi) is 5.85. The van der Waals surface area contributed by atoms with Gasteiger partial charge < -0.3 is 10.2 Å². The Balaban J connectivity index is 2.44. The number of benzene rings is 2. The topological polar surface area (TPSA) is 66.5 Å². The van der Waals surface area contributed by atoms with Crippen LogP contribution in [0.1, 0.15) is 23.3 Å². The zero-order chi connectivity index (χ0) is 18.6. The van der Waals surface area contributed by atoms with Crippen LogP contribution in [0.25, 0.3) is 0 Å². The van der Waals surface area contributed by atoms with E-state index in [0.717, 1.165) is 11.3 Å². The van der Waals surface area contributed by atoms with Gasteiger partial charge in [-0.2, -0.15) is 0 Å². The normalized spacial score (nSPS) is 12.5. The van der Waals surface area contributed by atoms with Crippen LogP contribution in [-0.2, 0) is 14.6 Å². The molecule has 2 aromatic rings. The van der Waals surface area contributed by atoms with Gasteiger partial charge in [0.05, 0.1) is 4.90 Å². The predicted octanol–water partition coefficient (Wildman–Crippen LogP) is 2.71. The van der Waals surface area contributed by atoms with Crippen LogP contribution in [0.15, 0.2) is 53.4 Å². The second kappa shape index (κ2) is 7.70. The van der Waals surface area contributed by atoms with Crippen molar-refractivity contribution in [3.63, 3.8) is 0 Å². The first-order valence-corrected chi connectivity index (χ1v) is 9.58. The van der Waals surface area contributed by atoms with Crippen molar-refractivity contribution in [2.24, 2.45) is 0 Å². The van der Waals surface area contributed by atoms with E-state index < -0.39 is 15.1 Å². The Morgan fingerprint density at radius 1 is 1.04 bits per heavy atom. The van der Waals surface area contributed by atoms with Crippen molar-refractivity contribution in [3.8, 4) is 0 Å². The standard InChI is InChI=1S/C19H24N2O3S/c1-14-5-11-18(12-6-14)25(23,24)19(13-20-15(2)22)16-7-9-17(10-8-16)21(3)4/h5-12,19H,13H2,1-4H3,(H,20,22)/t19-/m1/s1. The van der Waals surface area contributed by atoms with E-state index in [-0.39, 0.29) is 17.3 Å². The van der Waals surface area contributed by atoms with E-state index in [1.165, 1.54) is 6.92 Å². The van der Waals surface area contributed by atoms with Crippen LogP contribution in [0.5, 0.6) is 0 Å². The molecule has 0 aliphatic rings. The predicted molar refractivity (Wildman–Crippen MR) is 101 cm³/mol. The molecule has 25 heavy (non-hydrogen) atoms. The molecular weight excluding hydrogens is 336 g/mol. The summed E-state index contributed by atoms with van der Waals surface area (Å²) in [4.78, 5) is 13.5. The lowest BCUT2D eigenvalue weighted by molar-refractivity contribution is -0.118. The third-order valence-electron chi connectivity index (χ3n) is 4.04. The third-order valence-corrected chi connectivity index (χ3v) is 6.16. The van der Waals surface area contributed by atoms with E-state index >= 15 is 0 Å². The average Bonchev–Trinajstić information content (AvgIpc) is 2.55. The van der Waals surface area contributed by atoms with Gasteiger partial charge in [0.15, 0.2) is 9.84 Å². The van der Waals surface area contributed by atoms with Crippen LogP contribution >= 0.6 is 0 Å². The highest BCUT2D eigenvalue weighted by Crippen LogP contribution is 2.30. The fraction of sp³-hybridized carbons (Fsp3) is 0.316. The van der Waals surface area contributed by atoms with Crippen LogP contribution in [0, 0.1) is 6.92 Å². The summed E-state index contributed by atoms with van der Waals surface area (Å²) in [5, 5.41) is 1.80. The van der Waals surface area contributed by atoms with E-state index in [1.807, 2.05) is 38.1 Å². The molecule has 0 radical (unpaired) electrons. The number of carbonyl (C=O) groups excluding carboxylic acids is 1. The van der Waals surface area contributed by atoms with Gasteiger partial charge in [-0.1, -0.05) is 29.8 Å². The van der Waals surface area contributed by atoms with Gasteiger partial charge >= 0.3 is 0 Å². The summed E-state index contributed by atoms with van der Waals surface area (Å²) in [6, 6.07) is 14.1. The van der Waals surface area contributed by atoms with E-state index in [1.54, 1.807) is 36.4 Å². The summed E-state index contributed by atoms with van der Waals surface area (Å²) in [5.41, 5.74) is 2.63. The molecular formula is C19H24N2O3S. The lowest BCUT2D eigenvalue weighted by Crippen LogP contribution is -2.30. The quantitative estimate of drug-likeness (QED) is 0.860. The van der Waals surface area contributed by atoms with Gasteiger partial charge in [-0.05, 0) is 36.8 Å². The molecule has 0 aliphatic carbocycles. The molecule has 5 nitrogen and oxygen atoms in total. The van der Waals surface area contributed by atoms with Gasteiger partial charge in [-0.25, -0.2) is 8.42 Å². The lowest BCUT2D eigenvalue weighted by atomic mass is 10.1. The van der Waals surface area contributed by atoms with Crippen molar-refractivity contribution in [1.29, 1.82) is 0 Å². The molecule has 0 aliphatic heterocycles. The Labute approximate surface area is 149 Å². The second-order valence-electron chi connectivity index (χ2n) is 6.27. The first-order valence-electron chi connectivity index (χ1n) is 8.04. The van der Waals surface area contributed by atoms with Crippen molar-refractivity contribution >= 4 is 21.4 Å². The zero-order valence-electron chi connectivity index (χ0n) is 15.0. The average molecular weight is 360 g/mol. The molecule has 0 unspecified atom stereocenters. The van der Waals surface area contributed by atoms with Crippen molar-refractivity contribution in [1.82, 2.24) is 5.32 Å². The highest BCUT2D eigenvalue weighted by molar-refractivity contribution is 7.91. The lowest BCUT2D eigenvalue weighted by Gasteiger charge is -2.20. The highest BCUT2D eigenvalue weighted by atomic mass is 32.2. The van der Waals surface area contributed by atoms with Crippen LogP contribution < -0.4 is 10.2 Å². The summed E-state index contributed by atoms with van der Waals surface area (Å²) in [7, 11) is 0.219. The summed E-state index contributed by atoms with van der Waals surface area (Å²) in [6.07, 6.45) is 0. The number of anilines is 1. The number of nitrogens with one attached hydrogen (secondary N) is 1. The van der Waals surface area contributed by atoms with Gasteiger partial charge in [0, 0.05) is 33.3 Å². The van der Waals surface area contributed by atoms with Crippen molar-refractivity contribution < 1.29 is 13.2 Å². The van der Waals surface area contributed by atoms with Crippen LogP contribution in [0.3, 0.4) is 0 Å². The van der Waals surface area contributed by atoms with Crippen LogP contribution in [0.2, 0.25) is 0 Å². The maximum absolute atomic E-state index is 13.1. The highest BCUT2D eigenvalue weighted by Gasteiger charge is 2.29. The maximum Gasteiger partial charge on any atom is 0.216 e. The Bertz CT molecular complexity index is 826. The first kappa shape index (κ1) is 19.0. The molecule has 134 valence electrons. The molecule has 0 fully saturated rings. The van der Waals surface area contributed by atoms with E-state index in [0.29, 0.717) is 5.56 Å². The van der Waals surface area contributed by atoms with Crippen molar-refractivity contribution in [2.45, 2.75) is 24.0 Å². The maximum atomic E-state index is 13.1. The fourth-order valence-corrected chi connectivity index (χ4v) is 4.18. The summed E-state index contributed by atoms with van der Waals surface area (Å²) in [6.45, 7) is 3.32. The van der Waals surface area contributed by atoms with Gasteiger partial charge in [0.1, 0.15) is 5.25 Å². The molecule has 0 bridgehead atoms. The molecule has 0 aromatic heterocycles. The minimum atomic E-state index is -3.63. The molecule has 0 saturated heterocycles. The molecule has 2 aromatic carbocycles. The molecule has 2 rings (SSSR count).